The molecule has 1 aromatic carbocycles. The zero-order valence-electron chi connectivity index (χ0n) is 9.16. The first kappa shape index (κ1) is 12.0. The van der Waals surface area contributed by atoms with E-state index in [2.05, 4.69) is 20.9 Å². The standard InChI is InChI=1S/C13H12BrFN2/c14-13-10(2-1-3-11(13)15)5-4-9-6-7-17-12(16)8-9/h1-3,6-8H,4-5H2,(H2,16,17). The average molecular weight is 295 g/mol. The van der Waals surface area contributed by atoms with Gasteiger partial charge in [0.1, 0.15) is 11.6 Å². The molecule has 0 aliphatic carbocycles. The van der Waals surface area contributed by atoms with Gasteiger partial charge in [0.2, 0.25) is 0 Å². The largest absolute Gasteiger partial charge is 0.384 e. The molecular weight excluding hydrogens is 283 g/mol. The number of nitrogens with two attached hydrogens (primary N) is 1. The van der Waals surface area contributed by atoms with E-state index in [4.69, 9.17) is 5.73 Å². The zero-order chi connectivity index (χ0) is 12.3. The van der Waals surface area contributed by atoms with Gasteiger partial charge in [0, 0.05) is 6.20 Å². The summed E-state index contributed by atoms with van der Waals surface area (Å²) in [5.74, 6) is 0.289. The van der Waals surface area contributed by atoms with Gasteiger partial charge in [0.05, 0.1) is 4.47 Å². The average Bonchev–Trinajstić information content (AvgIpc) is 2.31. The van der Waals surface area contributed by atoms with Crippen LogP contribution in [-0.4, -0.2) is 4.98 Å². The van der Waals surface area contributed by atoms with Crippen molar-refractivity contribution in [2.75, 3.05) is 5.73 Å². The monoisotopic (exact) mass is 294 g/mol. The maximum atomic E-state index is 13.3. The van der Waals surface area contributed by atoms with Crippen LogP contribution in [0.4, 0.5) is 10.2 Å². The molecule has 0 unspecified atom stereocenters. The van der Waals surface area contributed by atoms with Gasteiger partial charge in [-0.15, -0.1) is 0 Å². The van der Waals surface area contributed by atoms with E-state index in [1.165, 1.54) is 6.07 Å². The smallest absolute Gasteiger partial charge is 0.137 e. The minimum absolute atomic E-state index is 0.225. The van der Waals surface area contributed by atoms with E-state index in [9.17, 15) is 4.39 Å². The lowest BCUT2D eigenvalue weighted by Gasteiger charge is -2.05. The fourth-order valence-corrected chi connectivity index (χ4v) is 2.13. The van der Waals surface area contributed by atoms with Crippen LogP contribution in [0.2, 0.25) is 0 Å². The van der Waals surface area contributed by atoms with Gasteiger partial charge in [-0.25, -0.2) is 9.37 Å². The molecular formula is C13H12BrFN2. The number of halogens is 2. The summed E-state index contributed by atoms with van der Waals surface area (Å²) in [7, 11) is 0. The lowest BCUT2D eigenvalue weighted by molar-refractivity contribution is 0.618. The minimum Gasteiger partial charge on any atom is -0.384 e. The van der Waals surface area contributed by atoms with Crippen molar-refractivity contribution in [2.45, 2.75) is 12.8 Å². The van der Waals surface area contributed by atoms with Gasteiger partial charge in [0.15, 0.2) is 0 Å². The molecule has 0 aliphatic heterocycles. The highest BCUT2D eigenvalue weighted by Gasteiger charge is 2.05. The normalized spacial score (nSPS) is 10.5. The van der Waals surface area contributed by atoms with Crippen LogP contribution in [0.5, 0.6) is 0 Å². The van der Waals surface area contributed by atoms with Crippen molar-refractivity contribution in [1.29, 1.82) is 0 Å². The van der Waals surface area contributed by atoms with Crippen molar-refractivity contribution in [1.82, 2.24) is 4.98 Å². The number of pyridine rings is 1. The molecule has 0 bridgehead atoms. The molecule has 0 radical (unpaired) electrons. The molecule has 2 rings (SSSR count). The van der Waals surface area contributed by atoms with Crippen LogP contribution in [0, 0.1) is 5.82 Å². The summed E-state index contributed by atoms with van der Waals surface area (Å²) in [6, 6.07) is 8.84. The van der Waals surface area contributed by atoms with E-state index >= 15 is 0 Å². The highest BCUT2D eigenvalue weighted by atomic mass is 79.9. The van der Waals surface area contributed by atoms with Gasteiger partial charge in [-0.05, 0) is 58.1 Å². The van der Waals surface area contributed by atoms with E-state index < -0.39 is 0 Å². The van der Waals surface area contributed by atoms with Crippen LogP contribution in [0.25, 0.3) is 0 Å². The molecule has 1 aromatic heterocycles. The molecule has 0 fully saturated rings. The summed E-state index contributed by atoms with van der Waals surface area (Å²) in [6.45, 7) is 0. The first-order chi connectivity index (χ1) is 8.16. The second-order valence-corrected chi connectivity index (χ2v) is 4.59. The van der Waals surface area contributed by atoms with E-state index in [0.717, 1.165) is 24.0 Å². The fraction of sp³-hybridized carbons (Fsp3) is 0.154. The highest BCUT2D eigenvalue weighted by Crippen LogP contribution is 2.22. The number of aryl methyl sites for hydroxylation is 2. The topological polar surface area (TPSA) is 38.9 Å². The molecule has 17 heavy (non-hydrogen) atoms. The number of nitrogen functional groups attached to an aromatic ring is 1. The summed E-state index contributed by atoms with van der Waals surface area (Å²) in [5.41, 5.74) is 7.67. The highest BCUT2D eigenvalue weighted by molar-refractivity contribution is 9.10. The molecule has 2 N–H and O–H groups in total. The lowest BCUT2D eigenvalue weighted by Crippen LogP contribution is -1.96. The molecule has 1 heterocycles. The van der Waals surface area contributed by atoms with Crippen LogP contribution in [0.3, 0.4) is 0 Å². The summed E-state index contributed by atoms with van der Waals surface area (Å²) in [5, 5.41) is 0. The third kappa shape index (κ3) is 3.03. The predicted molar refractivity (Wildman–Crippen MR) is 70.2 cm³/mol. The fourth-order valence-electron chi connectivity index (χ4n) is 1.67. The van der Waals surface area contributed by atoms with Crippen molar-refractivity contribution >= 4 is 21.7 Å². The maximum Gasteiger partial charge on any atom is 0.137 e. The SMILES string of the molecule is Nc1cc(CCc2cccc(F)c2Br)ccn1. The van der Waals surface area contributed by atoms with Gasteiger partial charge < -0.3 is 5.73 Å². The van der Waals surface area contributed by atoms with E-state index in [1.54, 1.807) is 12.3 Å². The van der Waals surface area contributed by atoms with Gasteiger partial charge >= 0.3 is 0 Å². The van der Waals surface area contributed by atoms with E-state index in [1.807, 2.05) is 18.2 Å². The number of aromatic nitrogens is 1. The van der Waals surface area contributed by atoms with Gasteiger partial charge in [-0.3, -0.25) is 0 Å². The number of hydrogen-bond donors (Lipinski definition) is 1. The van der Waals surface area contributed by atoms with E-state index in [-0.39, 0.29) is 5.82 Å². The summed E-state index contributed by atoms with van der Waals surface area (Å²) in [4.78, 5) is 3.94. The third-order valence-corrected chi connectivity index (χ3v) is 3.45. The second kappa shape index (κ2) is 5.27. The Morgan fingerprint density at radius 1 is 1.24 bits per heavy atom. The number of rotatable bonds is 3. The number of hydrogen-bond acceptors (Lipinski definition) is 2. The molecule has 0 atom stereocenters. The molecule has 4 heteroatoms. The lowest BCUT2D eigenvalue weighted by atomic mass is 10.1. The zero-order valence-corrected chi connectivity index (χ0v) is 10.7. The maximum absolute atomic E-state index is 13.3. The van der Waals surface area contributed by atoms with E-state index in [0.29, 0.717) is 10.3 Å². The van der Waals surface area contributed by atoms with Crippen molar-refractivity contribution < 1.29 is 4.39 Å². The summed E-state index contributed by atoms with van der Waals surface area (Å²) < 4.78 is 13.8. The van der Waals surface area contributed by atoms with Crippen molar-refractivity contribution in [3.8, 4) is 0 Å². The predicted octanol–water partition coefficient (Wildman–Crippen LogP) is 3.35. The summed E-state index contributed by atoms with van der Waals surface area (Å²) >= 11 is 3.26. The summed E-state index contributed by atoms with van der Waals surface area (Å²) in [6.07, 6.45) is 3.27. The van der Waals surface area contributed by atoms with Crippen molar-refractivity contribution in [3.05, 3.63) is 57.9 Å². The number of nitrogens with zero attached hydrogens (tertiary/aromatic N) is 1. The molecule has 2 nitrogen and oxygen atoms in total. The Morgan fingerprint density at radius 2 is 2.06 bits per heavy atom. The minimum atomic E-state index is -0.225. The van der Waals surface area contributed by atoms with Crippen LogP contribution < -0.4 is 5.73 Å². The number of benzene rings is 1. The Hall–Kier alpha value is -1.42. The van der Waals surface area contributed by atoms with Crippen LogP contribution in [0.1, 0.15) is 11.1 Å². The molecule has 0 spiro atoms. The molecule has 0 aliphatic rings. The second-order valence-electron chi connectivity index (χ2n) is 3.80. The first-order valence-electron chi connectivity index (χ1n) is 5.30. The Balaban J connectivity index is 2.10. The van der Waals surface area contributed by atoms with Crippen molar-refractivity contribution in [3.63, 3.8) is 0 Å². The molecule has 0 saturated carbocycles. The van der Waals surface area contributed by atoms with Crippen LogP contribution in [-0.2, 0) is 12.8 Å². The molecule has 0 saturated heterocycles. The van der Waals surface area contributed by atoms with Gasteiger partial charge in [-0.2, -0.15) is 0 Å². The Bertz CT molecular complexity index is 529. The quantitative estimate of drug-likeness (QED) is 0.943. The van der Waals surface area contributed by atoms with Crippen LogP contribution in [0.15, 0.2) is 41.0 Å². The third-order valence-electron chi connectivity index (χ3n) is 2.56. The molecule has 0 amide bonds. The Labute approximate surface area is 108 Å². The van der Waals surface area contributed by atoms with Crippen molar-refractivity contribution in [2.24, 2.45) is 0 Å². The molecule has 88 valence electrons. The van der Waals surface area contributed by atoms with Crippen LogP contribution >= 0.6 is 15.9 Å². The van der Waals surface area contributed by atoms with Gasteiger partial charge in [0.25, 0.3) is 0 Å². The molecule has 2 aromatic rings. The van der Waals surface area contributed by atoms with Gasteiger partial charge in [-0.1, -0.05) is 12.1 Å². The number of anilines is 1. The Morgan fingerprint density at radius 3 is 2.82 bits per heavy atom. The Kier molecular flexibility index (Phi) is 3.74. The first-order valence-corrected chi connectivity index (χ1v) is 6.09.